The predicted octanol–water partition coefficient (Wildman–Crippen LogP) is 2.45. The third-order valence-electron chi connectivity index (χ3n) is 5.20. The van der Waals surface area contributed by atoms with E-state index in [-0.39, 0.29) is 22.3 Å². The van der Waals surface area contributed by atoms with E-state index in [2.05, 4.69) is 43.3 Å². The van der Waals surface area contributed by atoms with Crippen LogP contribution in [-0.2, 0) is 5.54 Å². The molecule has 1 saturated carbocycles. The van der Waals surface area contributed by atoms with E-state index < -0.39 is 0 Å². The lowest BCUT2D eigenvalue weighted by molar-refractivity contribution is 0.0945. The molecule has 1 fully saturated rings. The van der Waals surface area contributed by atoms with Crippen molar-refractivity contribution in [2.24, 2.45) is 16.7 Å². The van der Waals surface area contributed by atoms with Crippen molar-refractivity contribution in [3.05, 3.63) is 11.9 Å². The largest absolute Gasteiger partial charge is 0.350 e. The van der Waals surface area contributed by atoms with Crippen molar-refractivity contribution < 1.29 is 4.79 Å². The molecule has 5 nitrogen and oxygen atoms in total. The molecule has 20 heavy (non-hydrogen) atoms. The van der Waals surface area contributed by atoms with E-state index in [4.69, 9.17) is 0 Å². The highest BCUT2D eigenvalue weighted by atomic mass is 16.2. The number of carbonyl (C=O) groups excluding carboxylic acids is 1. The summed E-state index contributed by atoms with van der Waals surface area (Å²) in [6.07, 6.45) is 1.71. The van der Waals surface area contributed by atoms with Gasteiger partial charge in [-0.15, -0.1) is 5.10 Å². The van der Waals surface area contributed by atoms with Gasteiger partial charge < -0.3 is 5.32 Å². The number of nitrogens with zero attached hydrogens (tertiary/aromatic N) is 3. The summed E-state index contributed by atoms with van der Waals surface area (Å²) in [5.74, 6) is 0.371. The summed E-state index contributed by atoms with van der Waals surface area (Å²) in [4.78, 5) is 12.1. The van der Waals surface area contributed by atoms with Gasteiger partial charge in [-0.1, -0.05) is 32.9 Å². The van der Waals surface area contributed by atoms with E-state index in [0.29, 0.717) is 18.2 Å². The summed E-state index contributed by atoms with van der Waals surface area (Å²) in [5, 5.41) is 11.0. The van der Waals surface area contributed by atoms with E-state index in [0.717, 1.165) is 0 Å². The maximum Gasteiger partial charge on any atom is 0.273 e. The quantitative estimate of drug-likeness (QED) is 0.924. The standard InChI is InChI=1S/C15H26N4O/c1-13(2,3)19-9-10(17-18-19)12(20)16-8-11-14(4,5)15(11,6)7/h9,11H,8H2,1-7H3,(H,16,20). The van der Waals surface area contributed by atoms with Crippen molar-refractivity contribution in [3.8, 4) is 0 Å². The second-order valence-electron chi connectivity index (χ2n) is 7.93. The molecule has 0 unspecified atom stereocenters. The topological polar surface area (TPSA) is 59.8 Å². The Hall–Kier alpha value is -1.39. The minimum absolute atomic E-state index is 0.140. The van der Waals surface area contributed by atoms with Gasteiger partial charge >= 0.3 is 0 Å². The number of nitrogens with one attached hydrogen (secondary N) is 1. The first-order chi connectivity index (χ1) is 8.98. The third kappa shape index (κ3) is 2.34. The highest BCUT2D eigenvalue weighted by Crippen LogP contribution is 2.67. The van der Waals surface area contributed by atoms with E-state index in [9.17, 15) is 4.79 Å². The molecule has 0 saturated heterocycles. The maximum absolute atomic E-state index is 12.1. The maximum atomic E-state index is 12.1. The van der Waals surface area contributed by atoms with Crippen molar-refractivity contribution in [1.82, 2.24) is 20.3 Å². The van der Waals surface area contributed by atoms with Gasteiger partial charge in [0.15, 0.2) is 5.69 Å². The Labute approximate surface area is 121 Å². The minimum Gasteiger partial charge on any atom is -0.350 e. The molecular weight excluding hydrogens is 252 g/mol. The third-order valence-corrected chi connectivity index (χ3v) is 5.20. The fourth-order valence-corrected chi connectivity index (χ4v) is 2.82. The summed E-state index contributed by atoms with van der Waals surface area (Å²) in [7, 11) is 0. The van der Waals surface area contributed by atoms with Crippen LogP contribution in [0.1, 0.15) is 59.0 Å². The fourth-order valence-electron chi connectivity index (χ4n) is 2.82. The molecule has 1 aliphatic carbocycles. The molecule has 5 heteroatoms. The van der Waals surface area contributed by atoms with Gasteiger partial charge in [-0.3, -0.25) is 4.79 Å². The van der Waals surface area contributed by atoms with Gasteiger partial charge in [-0.2, -0.15) is 0 Å². The van der Waals surface area contributed by atoms with Gasteiger partial charge in [0.2, 0.25) is 0 Å². The monoisotopic (exact) mass is 278 g/mol. The molecule has 1 heterocycles. The van der Waals surface area contributed by atoms with E-state index in [1.807, 2.05) is 20.8 Å². The smallest absolute Gasteiger partial charge is 0.273 e. The summed E-state index contributed by atoms with van der Waals surface area (Å²) >= 11 is 0. The van der Waals surface area contributed by atoms with Crippen molar-refractivity contribution in [3.63, 3.8) is 0 Å². The number of rotatable bonds is 3. The van der Waals surface area contributed by atoms with Gasteiger partial charge in [-0.25, -0.2) is 4.68 Å². The van der Waals surface area contributed by atoms with Gasteiger partial charge in [0.05, 0.1) is 11.7 Å². The van der Waals surface area contributed by atoms with Crippen LogP contribution >= 0.6 is 0 Å². The molecule has 0 bridgehead atoms. The number of hydrogen-bond donors (Lipinski definition) is 1. The predicted molar refractivity (Wildman–Crippen MR) is 78.4 cm³/mol. The molecule has 1 aliphatic rings. The van der Waals surface area contributed by atoms with Crippen LogP contribution in [0.25, 0.3) is 0 Å². The summed E-state index contributed by atoms with van der Waals surface area (Å²) in [6, 6.07) is 0. The Morgan fingerprint density at radius 3 is 2.25 bits per heavy atom. The van der Waals surface area contributed by atoms with Crippen LogP contribution in [0.5, 0.6) is 0 Å². The molecule has 0 spiro atoms. The molecule has 112 valence electrons. The normalized spacial score (nSPS) is 20.8. The van der Waals surface area contributed by atoms with Gasteiger partial charge in [-0.05, 0) is 37.5 Å². The van der Waals surface area contributed by atoms with Crippen molar-refractivity contribution >= 4 is 5.91 Å². The Morgan fingerprint density at radius 1 is 1.30 bits per heavy atom. The van der Waals surface area contributed by atoms with Crippen molar-refractivity contribution in [2.45, 2.75) is 54.0 Å². The number of carbonyl (C=O) groups is 1. The highest BCUT2D eigenvalue weighted by Gasteiger charge is 2.64. The first-order valence-electron chi connectivity index (χ1n) is 7.19. The van der Waals surface area contributed by atoms with Crippen LogP contribution in [0.4, 0.5) is 0 Å². The molecule has 0 aromatic carbocycles. The van der Waals surface area contributed by atoms with Crippen LogP contribution in [-0.4, -0.2) is 27.4 Å². The van der Waals surface area contributed by atoms with Crippen LogP contribution in [0.15, 0.2) is 6.20 Å². The van der Waals surface area contributed by atoms with Crippen LogP contribution in [0.3, 0.4) is 0 Å². The molecule has 1 aromatic heterocycles. The van der Waals surface area contributed by atoms with Crippen molar-refractivity contribution in [2.75, 3.05) is 6.54 Å². The second kappa shape index (κ2) is 4.30. The molecule has 0 radical (unpaired) electrons. The lowest BCUT2D eigenvalue weighted by Gasteiger charge is -2.17. The van der Waals surface area contributed by atoms with Crippen LogP contribution < -0.4 is 5.32 Å². The lowest BCUT2D eigenvalue weighted by Crippen LogP contribution is -2.27. The summed E-state index contributed by atoms with van der Waals surface area (Å²) in [6.45, 7) is 15.8. The van der Waals surface area contributed by atoms with Crippen LogP contribution in [0.2, 0.25) is 0 Å². The Balaban J connectivity index is 1.96. The molecular formula is C15H26N4O. The molecule has 1 N–H and O–H groups in total. The Bertz CT molecular complexity index is 508. The molecule has 1 aromatic rings. The van der Waals surface area contributed by atoms with Gasteiger partial charge in [0, 0.05) is 6.54 Å². The fraction of sp³-hybridized carbons (Fsp3) is 0.800. The second-order valence-corrected chi connectivity index (χ2v) is 7.93. The zero-order valence-electron chi connectivity index (χ0n) is 13.6. The summed E-state index contributed by atoms with van der Waals surface area (Å²) < 4.78 is 1.72. The van der Waals surface area contributed by atoms with E-state index in [1.54, 1.807) is 10.9 Å². The molecule has 0 atom stereocenters. The molecule has 0 aliphatic heterocycles. The van der Waals surface area contributed by atoms with Gasteiger partial charge in [0.25, 0.3) is 5.91 Å². The van der Waals surface area contributed by atoms with Crippen molar-refractivity contribution in [1.29, 1.82) is 0 Å². The average Bonchev–Trinajstić information content (AvgIpc) is 2.72. The minimum atomic E-state index is -0.161. The van der Waals surface area contributed by atoms with E-state index >= 15 is 0 Å². The zero-order chi connectivity index (χ0) is 15.3. The number of hydrogen-bond acceptors (Lipinski definition) is 3. The SMILES string of the molecule is CC(C)(C)n1cc(C(=O)NCC2C(C)(C)C2(C)C)nn1. The number of aromatic nitrogens is 3. The molecule has 2 rings (SSSR count). The average molecular weight is 278 g/mol. The first-order valence-corrected chi connectivity index (χ1v) is 7.19. The lowest BCUT2D eigenvalue weighted by atomic mass is 10.0. The van der Waals surface area contributed by atoms with Gasteiger partial charge in [0.1, 0.15) is 0 Å². The Kier molecular flexibility index (Phi) is 3.23. The van der Waals surface area contributed by atoms with E-state index in [1.165, 1.54) is 0 Å². The highest BCUT2D eigenvalue weighted by molar-refractivity contribution is 5.91. The molecule has 1 amide bonds. The Morgan fingerprint density at radius 2 is 1.85 bits per heavy atom. The summed E-state index contributed by atoms with van der Waals surface area (Å²) in [5.41, 5.74) is 0.787. The zero-order valence-corrected chi connectivity index (χ0v) is 13.6. The number of amides is 1. The first kappa shape index (κ1) is 15.0. The van der Waals surface area contributed by atoms with Crippen LogP contribution in [0, 0.1) is 16.7 Å².